The van der Waals surface area contributed by atoms with E-state index in [-0.39, 0.29) is 42.6 Å². The second-order valence-electron chi connectivity index (χ2n) is 17.3. The van der Waals surface area contributed by atoms with Crippen LogP contribution in [0.3, 0.4) is 0 Å². The lowest BCUT2D eigenvalue weighted by molar-refractivity contribution is -0.276. The van der Waals surface area contributed by atoms with Crippen LogP contribution < -0.4 is 10.0 Å². The minimum absolute atomic E-state index is 0.00419. The molecule has 5 aromatic rings. The third kappa shape index (κ3) is 10.7. The number of nitrogens with zero attached hydrogens (tertiary/aromatic N) is 2. The van der Waals surface area contributed by atoms with Gasteiger partial charge in [0.1, 0.15) is 6.04 Å². The molecule has 11 heteroatoms. The molecule has 0 aromatic heterocycles. The van der Waals surface area contributed by atoms with Gasteiger partial charge < -0.3 is 24.8 Å². The van der Waals surface area contributed by atoms with Gasteiger partial charge in [0.05, 0.1) is 23.7 Å². The molecule has 6 atom stereocenters. The summed E-state index contributed by atoms with van der Waals surface area (Å²) in [7, 11) is -3.98. The maximum atomic E-state index is 13.9. The van der Waals surface area contributed by atoms with Crippen molar-refractivity contribution in [2.45, 2.75) is 94.6 Å². The number of likely N-dealkylation sites (tertiary alicyclic amines) is 2. The standard InChI is InChI=1S/C51H60N4O6S/c1-36-16-26-45(27-17-36)62(58,59)53-47(31-38-11-4-3-5-12-38)50(57)52-32-43-13-6-7-15-46(43)40-22-24-42(25-23-40)51-60-48(34-55-30-10-14-44(55)33-54-28-8-9-29-54)37(2)49(61-51)41-20-18-39(35-56)19-21-41/h3-7,11-13,15-27,37,44,47-49,51,53,56H,8-10,14,28-35H2,1-2H3,(H,52,57)/t37-,44+,47-,48+,49+,51+/m1/s1. The number of amides is 1. The molecule has 326 valence electrons. The lowest BCUT2D eigenvalue weighted by Crippen LogP contribution is -2.48. The first-order valence-electron chi connectivity index (χ1n) is 22.2. The summed E-state index contributed by atoms with van der Waals surface area (Å²) in [5.41, 5.74) is 7.47. The fraction of sp³-hybridized carbons (Fsp3) is 0.392. The molecule has 10 nitrogen and oxygen atoms in total. The van der Waals surface area contributed by atoms with Crippen molar-refractivity contribution < 1.29 is 27.8 Å². The first-order chi connectivity index (χ1) is 30.1. The van der Waals surface area contributed by atoms with E-state index in [9.17, 15) is 18.3 Å². The zero-order valence-electron chi connectivity index (χ0n) is 35.9. The molecule has 3 aliphatic heterocycles. The van der Waals surface area contributed by atoms with E-state index in [1.807, 2.05) is 73.7 Å². The van der Waals surface area contributed by atoms with Crippen molar-refractivity contribution in [3.05, 3.63) is 161 Å². The molecular weight excluding hydrogens is 797 g/mol. The highest BCUT2D eigenvalue weighted by atomic mass is 32.2. The molecule has 3 heterocycles. The van der Waals surface area contributed by atoms with E-state index < -0.39 is 28.3 Å². The van der Waals surface area contributed by atoms with Crippen LogP contribution in [0, 0.1) is 12.8 Å². The van der Waals surface area contributed by atoms with Crippen LogP contribution in [-0.2, 0) is 43.9 Å². The van der Waals surface area contributed by atoms with E-state index in [0.29, 0.717) is 6.04 Å². The fourth-order valence-electron chi connectivity index (χ4n) is 9.26. The quantitative estimate of drug-likeness (QED) is 0.0924. The number of aryl methyl sites for hydroxylation is 1. The van der Waals surface area contributed by atoms with Crippen molar-refractivity contribution in [2.24, 2.45) is 5.92 Å². The molecule has 0 radical (unpaired) electrons. The Bertz CT molecular complexity index is 2340. The molecule has 0 aliphatic carbocycles. The Labute approximate surface area is 367 Å². The van der Waals surface area contributed by atoms with Gasteiger partial charge in [0.15, 0.2) is 6.29 Å². The fourth-order valence-corrected chi connectivity index (χ4v) is 10.5. The molecule has 5 aromatic carbocycles. The average Bonchev–Trinajstić information content (AvgIpc) is 3.99. The number of ether oxygens (including phenoxy) is 2. The molecule has 0 saturated carbocycles. The Balaban J connectivity index is 0.985. The zero-order valence-corrected chi connectivity index (χ0v) is 36.7. The van der Waals surface area contributed by atoms with Crippen LogP contribution in [-0.4, -0.2) is 80.1 Å². The van der Waals surface area contributed by atoms with Gasteiger partial charge in [-0.15, -0.1) is 0 Å². The van der Waals surface area contributed by atoms with Crippen LogP contribution in [0.5, 0.6) is 0 Å². The molecule has 3 N–H and O–H groups in total. The van der Waals surface area contributed by atoms with Gasteiger partial charge in [-0.25, -0.2) is 8.42 Å². The van der Waals surface area contributed by atoms with E-state index in [4.69, 9.17) is 9.47 Å². The lowest BCUT2D eigenvalue weighted by Gasteiger charge is -2.43. The van der Waals surface area contributed by atoms with Crippen molar-refractivity contribution in [1.29, 1.82) is 0 Å². The van der Waals surface area contributed by atoms with E-state index in [1.165, 1.54) is 38.8 Å². The van der Waals surface area contributed by atoms with Crippen LogP contribution >= 0.6 is 0 Å². The third-order valence-electron chi connectivity index (χ3n) is 12.9. The van der Waals surface area contributed by atoms with Crippen molar-refractivity contribution in [2.75, 3.05) is 32.7 Å². The number of carbonyl (C=O) groups is 1. The Kier molecular flexibility index (Phi) is 14.3. The predicted octanol–water partition coefficient (Wildman–Crippen LogP) is 7.71. The maximum Gasteiger partial charge on any atom is 0.241 e. The third-order valence-corrected chi connectivity index (χ3v) is 14.4. The highest BCUT2D eigenvalue weighted by Gasteiger charge is 2.41. The number of rotatable bonds is 16. The van der Waals surface area contributed by atoms with Gasteiger partial charge in [-0.2, -0.15) is 4.72 Å². The summed E-state index contributed by atoms with van der Waals surface area (Å²) >= 11 is 0. The number of hydrogen-bond donors (Lipinski definition) is 3. The van der Waals surface area contributed by atoms with E-state index in [1.54, 1.807) is 24.3 Å². The number of aliphatic hydroxyl groups excluding tert-OH is 1. The molecule has 3 saturated heterocycles. The Morgan fingerprint density at radius 1 is 0.774 bits per heavy atom. The van der Waals surface area contributed by atoms with Crippen LogP contribution in [0.25, 0.3) is 11.1 Å². The van der Waals surface area contributed by atoms with Gasteiger partial charge in [-0.05, 0) is 104 Å². The summed E-state index contributed by atoms with van der Waals surface area (Å²) in [6, 6.07) is 39.8. The van der Waals surface area contributed by atoms with E-state index in [0.717, 1.165) is 64.1 Å². The number of carbonyl (C=O) groups excluding carboxylic acids is 1. The van der Waals surface area contributed by atoms with Gasteiger partial charge in [0, 0.05) is 37.2 Å². The Morgan fingerprint density at radius 2 is 1.47 bits per heavy atom. The van der Waals surface area contributed by atoms with E-state index >= 15 is 0 Å². The minimum Gasteiger partial charge on any atom is -0.392 e. The number of aliphatic hydroxyl groups is 1. The number of nitrogens with one attached hydrogen (secondary N) is 2. The summed E-state index contributed by atoms with van der Waals surface area (Å²) in [5.74, 6) is -0.312. The number of benzene rings is 5. The maximum absolute atomic E-state index is 13.9. The van der Waals surface area contributed by atoms with Crippen LogP contribution in [0.1, 0.15) is 78.4 Å². The first kappa shape index (κ1) is 43.9. The Morgan fingerprint density at radius 3 is 2.19 bits per heavy atom. The van der Waals surface area contributed by atoms with Gasteiger partial charge in [0.25, 0.3) is 0 Å². The average molecular weight is 857 g/mol. The zero-order chi connectivity index (χ0) is 43.1. The SMILES string of the molecule is Cc1ccc(S(=O)(=O)N[C@H](Cc2ccccc2)C(=O)NCc2ccccc2-c2ccc([C@H]3O[C@@H](CN4CCC[C@H]4CN4CCCC4)[C@@H](C)[C@@H](c4ccc(CO)cc4)O3)cc2)cc1. The van der Waals surface area contributed by atoms with Gasteiger partial charge in [-0.3, -0.25) is 9.69 Å². The normalized spacial score (nSPS) is 22.7. The summed E-state index contributed by atoms with van der Waals surface area (Å²) in [4.78, 5) is 19.3. The first-order valence-corrected chi connectivity index (χ1v) is 23.7. The van der Waals surface area contributed by atoms with Crippen LogP contribution in [0.2, 0.25) is 0 Å². The topological polar surface area (TPSA) is 120 Å². The highest BCUT2D eigenvalue weighted by molar-refractivity contribution is 7.89. The lowest BCUT2D eigenvalue weighted by atomic mass is 9.89. The number of hydrogen-bond acceptors (Lipinski definition) is 8. The molecule has 62 heavy (non-hydrogen) atoms. The van der Waals surface area contributed by atoms with Crippen LogP contribution in [0.4, 0.5) is 0 Å². The molecule has 3 aliphatic rings. The molecule has 1 amide bonds. The molecule has 3 fully saturated rings. The second-order valence-corrected chi connectivity index (χ2v) is 19.0. The monoisotopic (exact) mass is 856 g/mol. The van der Waals surface area contributed by atoms with Crippen molar-refractivity contribution in [3.63, 3.8) is 0 Å². The van der Waals surface area contributed by atoms with Crippen molar-refractivity contribution >= 4 is 15.9 Å². The second kappa shape index (κ2) is 20.2. The van der Waals surface area contributed by atoms with Crippen LogP contribution in [0.15, 0.2) is 132 Å². The molecule has 0 bridgehead atoms. The predicted molar refractivity (Wildman–Crippen MR) is 242 cm³/mol. The minimum atomic E-state index is -3.98. The molecule has 8 rings (SSSR count). The van der Waals surface area contributed by atoms with Crippen molar-refractivity contribution in [3.8, 4) is 11.1 Å². The summed E-state index contributed by atoms with van der Waals surface area (Å²) in [6.45, 7) is 9.79. The summed E-state index contributed by atoms with van der Waals surface area (Å²) in [5, 5.41) is 12.8. The largest absolute Gasteiger partial charge is 0.392 e. The number of sulfonamides is 1. The van der Waals surface area contributed by atoms with Gasteiger partial charge in [-0.1, -0.05) is 128 Å². The molecule has 0 unspecified atom stereocenters. The Hall–Kier alpha value is -4.72. The molecular formula is C51H60N4O6S. The smallest absolute Gasteiger partial charge is 0.241 e. The summed E-state index contributed by atoms with van der Waals surface area (Å²) < 4.78 is 43.4. The van der Waals surface area contributed by atoms with Crippen molar-refractivity contribution in [1.82, 2.24) is 19.8 Å². The van der Waals surface area contributed by atoms with E-state index in [2.05, 4.69) is 63.2 Å². The highest BCUT2D eigenvalue weighted by Crippen LogP contribution is 2.43. The van der Waals surface area contributed by atoms with Gasteiger partial charge >= 0.3 is 0 Å². The summed E-state index contributed by atoms with van der Waals surface area (Å²) in [6.07, 6.45) is 4.39. The van der Waals surface area contributed by atoms with Gasteiger partial charge in [0.2, 0.25) is 15.9 Å². The molecule has 0 spiro atoms.